The van der Waals surface area contributed by atoms with Gasteiger partial charge in [0.2, 0.25) is 5.95 Å². The molecule has 0 aliphatic carbocycles. The molecule has 0 aliphatic heterocycles. The van der Waals surface area contributed by atoms with Gasteiger partial charge in [-0.1, -0.05) is 15.9 Å². The summed E-state index contributed by atoms with van der Waals surface area (Å²) in [6, 6.07) is 5.61. The highest BCUT2D eigenvalue weighted by atomic mass is 79.9. The van der Waals surface area contributed by atoms with Gasteiger partial charge in [0.05, 0.1) is 0 Å². The predicted octanol–water partition coefficient (Wildman–Crippen LogP) is 1.87. The Morgan fingerprint density at radius 3 is 2.75 bits per heavy atom. The van der Waals surface area contributed by atoms with Crippen LogP contribution in [0.25, 0.3) is 11.4 Å². The number of nitrogens with two attached hydrogens (primary N) is 1. The monoisotopic (exact) mass is 281 g/mol. The van der Waals surface area contributed by atoms with Crippen LogP contribution >= 0.6 is 15.9 Å². The highest BCUT2D eigenvalue weighted by Gasteiger charge is 2.12. The Labute approximate surface area is 102 Å². The fourth-order valence-corrected chi connectivity index (χ4v) is 1.92. The van der Waals surface area contributed by atoms with E-state index in [1.54, 1.807) is 0 Å². The van der Waals surface area contributed by atoms with Crippen molar-refractivity contribution in [2.75, 3.05) is 18.1 Å². The maximum Gasteiger partial charge on any atom is 0.224 e. The fraction of sp³-hybridized carbons (Fsp3) is 0.200. The number of aromatic nitrogens is 3. The zero-order chi connectivity index (χ0) is 11.7. The maximum atomic E-state index is 5.76. The molecule has 0 bridgehead atoms. The van der Waals surface area contributed by atoms with Crippen LogP contribution in [0.4, 0.5) is 11.6 Å². The third-order valence-electron chi connectivity index (χ3n) is 2.33. The van der Waals surface area contributed by atoms with Crippen LogP contribution in [-0.2, 0) is 7.05 Å². The number of anilines is 2. The second kappa shape index (κ2) is 4.13. The zero-order valence-electron chi connectivity index (χ0n) is 9.03. The standard InChI is InChI=1S/C10H12BrN5/c1-13-10-15-14-9(16(10)2)7-5-6(12)3-4-8(7)11/h3-5H,12H2,1-2H3,(H,13,15). The first-order valence-corrected chi connectivity index (χ1v) is 5.55. The highest BCUT2D eigenvalue weighted by Crippen LogP contribution is 2.29. The Bertz CT molecular complexity index is 520. The fourth-order valence-electron chi connectivity index (χ4n) is 1.50. The van der Waals surface area contributed by atoms with Crippen LogP contribution in [0.5, 0.6) is 0 Å². The topological polar surface area (TPSA) is 68.8 Å². The molecule has 1 aromatic carbocycles. The van der Waals surface area contributed by atoms with E-state index in [2.05, 4.69) is 31.4 Å². The number of benzene rings is 1. The number of nitrogen functional groups attached to an aromatic ring is 1. The average Bonchev–Trinajstić information content (AvgIpc) is 2.63. The molecule has 6 heteroatoms. The Hall–Kier alpha value is -1.56. The lowest BCUT2D eigenvalue weighted by Crippen LogP contribution is -2.00. The van der Waals surface area contributed by atoms with Crippen molar-refractivity contribution in [3.8, 4) is 11.4 Å². The van der Waals surface area contributed by atoms with E-state index in [1.807, 2.05) is 36.9 Å². The van der Waals surface area contributed by atoms with E-state index in [1.165, 1.54) is 0 Å². The molecule has 1 heterocycles. The summed E-state index contributed by atoms with van der Waals surface area (Å²) in [5.41, 5.74) is 7.39. The molecule has 0 unspecified atom stereocenters. The molecule has 0 saturated heterocycles. The summed E-state index contributed by atoms with van der Waals surface area (Å²) in [6.07, 6.45) is 0. The average molecular weight is 282 g/mol. The number of hydrogen-bond donors (Lipinski definition) is 2. The molecule has 1 aromatic heterocycles. The Morgan fingerprint density at radius 1 is 1.38 bits per heavy atom. The molecule has 0 atom stereocenters. The quantitative estimate of drug-likeness (QED) is 0.825. The summed E-state index contributed by atoms with van der Waals surface area (Å²) < 4.78 is 2.82. The lowest BCUT2D eigenvalue weighted by atomic mass is 10.2. The summed E-state index contributed by atoms with van der Waals surface area (Å²) in [6.45, 7) is 0. The van der Waals surface area contributed by atoms with E-state index in [-0.39, 0.29) is 0 Å². The number of nitrogens with one attached hydrogen (secondary N) is 1. The summed E-state index contributed by atoms with van der Waals surface area (Å²) in [4.78, 5) is 0. The van der Waals surface area contributed by atoms with Crippen molar-refractivity contribution in [2.24, 2.45) is 7.05 Å². The Balaban J connectivity index is 2.58. The first-order valence-electron chi connectivity index (χ1n) is 4.76. The number of nitrogens with zero attached hydrogens (tertiary/aromatic N) is 3. The summed E-state index contributed by atoms with van der Waals surface area (Å²) >= 11 is 3.48. The lowest BCUT2D eigenvalue weighted by Gasteiger charge is -2.06. The van der Waals surface area contributed by atoms with Gasteiger partial charge in [0.15, 0.2) is 5.82 Å². The van der Waals surface area contributed by atoms with Gasteiger partial charge in [0.25, 0.3) is 0 Å². The lowest BCUT2D eigenvalue weighted by molar-refractivity contribution is 0.924. The molecule has 5 nitrogen and oxygen atoms in total. The van der Waals surface area contributed by atoms with Crippen LogP contribution in [0, 0.1) is 0 Å². The van der Waals surface area contributed by atoms with Crippen LogP contribution < -0.4 is 11.1 Å². The normalized spacial score (nSPS) is 10.4. The highest BCUT2D eigenvalue weighted by molar-refractivity contribution is 9.10. The second-order valence-corrected chi connectivity index (χ2v) is 4.25. The summed E-state index contributed by atoms with van der Waals surface area (Å²) in [5, 5.41) is 11.1. The van der Waals surface area contributed by atoms with Gasteiger partial charge in [0, 0.05) is 29.8 Å². The van der Waals surface area contributed by atoms with Crippen molar-refractivity contribution in [3.63, 3.8) is 0 Å². The van der Waals surface area contributed by atoms with Gasteiger partial charge in [-0.2, -0.15) is 0 Å². The number of halogens is 1. The van der Waals surface area contributed by atoms with Crippen molar-refractivity contribution in [1.29, 1.82) is 0 Å². The molecule has 0 aliphatic rings. The number of rotatable bonds is 2. The van der Waals surface area contributed by atoms with Gasteiger partial charge >= 0.3 is 0 Å². The van der Waals surface area contributed by atoms with Gasteiger partial charge in [-0.3, -0.25) is 4.57 Å². The summed E-state index contributed by atoms with van der Waals surface area (Å²) in [7, 11) is 3.71. The molecule has 3 N–H and O–H groups in total. The van der Waals surface area contributed by atoms with Gasteiger partial charge in [-0.25, -0.2) is 0 Å². The molecule has 2 rings (SSSR count). The van der Waals surface area contributed by atoms with E-state index in [0.717, 1.165) is 15.9 Å². The van der Waals surface area contributed by atoms with Crippen LogP contribution in [-0.4, -0.2) is 21.8 Å². The van der Waals surface area contributed by atoms with E-state index in [4.69, 9.17) is 5.73 Å². The molecule has 0 saturated carbocycles. The van der Waals surface area contributed by atoms with Crippen LogP contribution in [0.2, 0.25) is 0 Å². The van der Waals surface area contributed by atoms with Gasteiger partial charge < -0.3 is 11.1 Å². The molecular weight excluding hydrogens is 270 g/mol. The third kappa shape index (κ3) is 1.76. The van der Waals surface area contributed by atoms with Crippen molar-refractivity contribution >= 4 is 27.6 Å². The molecule has 16 heavy (non-hydrogen) atoms. The van der Waals surface area contributed by atoms with Crippen molar-refractivity contribution < 1.29 is 0 Å². The number of hydrogen-bond acceptors (Lipinski definition) is 4. The molecule has 2 aromatic rings. The molecule has 84 valence electrons. The minimum absolute atomic E-state index is 0.701. The minimum atomic E-state index is 0.701. The van der Waals surface area contributed by atoms with Gasteiger partial charge in [-0.05, 0) is 18.2 Å². The second-order valence-electron chi connectivity index (χ2n) is 3.40. The SMILES string of the molecule is CNc1nnc(-c2cc(N)ccc2Br)n1C. The van der Waals surface area contributed by atoms with E-state index in [9.17, 15) is 0 Å². The minimum Gasteiger partial charge on any atom is -0.399 e. The Morgan fingerprint density at radius 2 is 2.12 bits per heavy atom. The van der Waals surface area contributed by atoms with Crippen molar-refractivity contribution in [1.82, 2.24) is 14.8 Å². The first kappa shape index (κ1) is 10.9. The molecule has 0 spiro atoms. The molecule has 0 fully saturated rings. The van der Waals surface area contributed by atoms with E-state index < -0.39 is 0 Å². The largest absolute Gasteiger partial charge is 0.399 e. The first-order chi connectivity index (χ1) is 7.63. The molecule has 0 amide bonds. The van der Waals surface area contributed by atoms with Gasteiger partial charge in [0.1, 0.15) is 0 Å². The van der Waals surface area contributed by atoms with Crippen molar-refractivity contribution in [2.45, 2.75) is 0 Å². The predicted molar refractivity (Wildman–Crippen MR) is 68.1 cm³/mol. The van der Waals surface area contributed by atoms with E-state index in [0.29, 0.717) is 11.6 Å². The van der Waals surface area contributed by atoms with Crippen LogP contribution in [0.3, 0.4) is 0 Å². The Kier molecular flexibility index (Phi) is 2.82. The van der Waals surface area contributed by atoms with Gasteiger partial charge in [-0.15, -0.1) is 10.2 Å². The van der Waals surface area contributed by atoms with E-state index >= 15 is 0 Å². The zero-order valence-corrected chi connectivity index (χ0v) is 10.6. The van der Waals surface area contributed by atoms with Crippen LogP contribution in [0.15, 0.2) is 22.7 Å². The molecule has 0 radical (unpaired) electrons. The molecular formula is C10H12BrN5. The summed E-state index contributed by atoms with van der Waals surface area (Å²) in [5.74, 6) is 1.48. The smallest absolute Gasteiger partial charge is 0.224 e. The van der Waals surface area contributed by atoms with Crippen LogP contribution in [0.1, 0.15) is 0 Å². The van der Waals surface area contributed by atoms with Crippen molar-refractivity contribution in [3.05, 3.63) is 22.7 Å². The third-order valence-corrected chi connectivity index (χ3v) is 3.02. The maximum absolute atomic E-state index is 5.76.